The predicted octanol–water partition coefficient (Wildman–Crippen LogP) is 2.30. The second-order valence-corrected chi connectivity index (χ2v) is 4.60. The lowest BCUT2D eigenvalue weighted by Gasteiger charge is -2.24. The SMILES string of the molecule is CCc1ccc(C(=O)NCCN(CC)C(C)C)o1. The van der Waals surface area contributed by atoms with Gasteiger partial charge in [-0.25, -0.2) is 0 Å². The van der Waals surface area contributed by atoms with Crippen molar-refractivity contribution in [2.75, 3.05) is 19.6 Å². The number of furan rings is 1. The number of carbonyl (C=O) groups is 1. The zero-order valence-electron chi connectivity index (χ0n) is 11.8. The van der Waals surface area contributed by atoms with Crippen LogP contribution in [0.25, 0.3) is 0 Å². The second kappa shape index (κ2) is 7.21. The number of hydrogen-bond donors (Lipinski definition) is 1. The first kappa shape index (κ1) is 14.8. The molecular formula is C14H24N2O2. The molecule has 4 nitrogen and oxygen atoms in total. The van der Waals surface area contributed by atoms with Crippen molar-refractivity contribution in [1.82, 2.24) is 10.2 Å². The molecule has 0 bridgehead atoms. The smallest absolute Gasteiger partial charge is 0.287 e. The number of amides is 1. The van der Waals surface area contributed by atoms with Gasteiger partial charge in [-0.05, 0) is 32.5 Å². The molecule has 1 heterocycles. The Morgan fingerprint density at radius 1 is 1.39 bits per heavy atom. The summed E-state index contributed by atoms with van der Waals surface area (Å²) in [5, 5.41) is 2.88. The Morgan fingerprint density at radius 2 is 2.11 bits per heavy atom. The Morgan fingerprint density at radius 3 is 2.61 bits per heavy atom. The average molecular weight is 252 g/mol. The fourth-order valence-electron chi connectivity index (χ4n) is 1.87. The lowest BCUT2D eigenvalue weighted by Crippen LogP contribution is -2.38. The Balaban J connectivity index is 2.37. The zero-order valence-corrected chi connectivity index (χ0v) is 11.8. The number of nitrogens with one attached hydrogen (secondary N) is 1. The minimum Gasteiger partial charge on any atom is -0.456 e. The van der Waals surface area contributed by atoms with E-state index in [2.05, 4.69) is 31.0 Å². The van der Waals surface area contributed by atoms with Gasteiger partial charge in [-0.15, -0.1) is 0 Å². The highest BCUT2D eigenvalue weighted by Crippen LogP contribution is 2.07. The molecule has 1 aromatic rings. The molecule has 0 unspecified atom stereocenters. The maximum Gasteiger partial charge on any atom is 0.287 e. The molecule has 4 heteroatoms. The molecule has 0 aliphatic heterocycles. The predicted molar refractivity (Wildman–Crippen MR) is 72.8 cm³/mol. The highest BCUT2D eigenvalue weighted by molar-refractivity contribution is 5.91. The lowest BCUT2D eigenvalue weighted by atomic mass is 10.3. The molecule has 1 amide bonds. The topological polar surface area (TPSA) is 45.5 Å². The molecule has 102 valence electrons. The van der Waals surface area contributed by atoms with Gasteiger partial charge in [0.25, 0.3) is 5.91 Å². The molecule has 0 fully saturated rings. The van der Waals surface area contributed by atoms with E-state index < -0.39 is 0 Å². The van der Waals surface area contributed by atoms with Crippen molar-refractivity contribution in [3.05, 3.63) is 23.7 Å². The van der Waals surface area contributed by atoms with Gasteiger partial charge in [0.05, 0.1) is 0 Å². The summed E-state index contributed by atoms with van der Waals surface area (Å²) in [7, 11) is 0. The molecule has 18 heavy (non-hydrogen) atoms. The first-order valence-electron chi connectivity index (χ1n) is 6.69. The molecule has 0 spiro atoms. The van der Waals surface area contributed by atoms with E-state index in [1.54, 1.807) is 6.07 Å². The first-order valence-corrected chi connectivity index (χ1v) is 6.69. The summed E-state index contributed by atoms with van der Waals surface area (Å²) in [6.07, 6.45) is 0.810. The van der Waals surface area contributed by atoms with E-state index in [0.717, 1.165) is 25.3 Å². The molecule has 0 atom stereocenters. The van der Waals surface area contributed by atoms with Crippen LogP contribution in [-0.4, -0.2) is 36.5 Å². The molecule has 0 radical (unpaired) electrons. The number of rotatable bonds is 7. The van der Waals surface area contributed by atoms with Gasteiger partial charge >= 0.3 is 0 Å². The van der Waals surface area contributed by atoms with Gasteiger partial charge in [-0.3, -0.25) is 9.69 Å². The van der Waals surface area contributed by atoms with E-state index in [1.807, 2.05) is 13.0 Å². The van der Waals surface area contributed by atoms with E-state index >= 15 is 0 Å². The summed E-state index contributed by atoms with van der Waals surface area (Å²) in [6, 6.07) is 4.08. The highest BCUT2D eigenvalue weighted by Gasteiger charge is 2.11. The lowest BCUT2D eigenvalue weighted by molar-refractivity contribution is 0.0916. The van der Waals surface area contributed by atoms with Crippen LogP contribution in [0.15, 0.2) is 16.5 Å². The van der Waals surface area contributed by atoms with Crippen LogP contribution in [0.5, 0.6) is 0 Å². The first-order chi connectivity index (χ1) is 8.58. The Labute approximate surface area is 109 Å². The maximum absolute atomic E-state index is 11.8. The van der Waals surface area contributed by atoms with Crippen LogP contribution in [0, 0.1) is 0 Å². The zero-order chi connectivity index (χ0) is 13.5. The number of hydrogen-bond acceptors (Lipinski definition) is 3. The number of likely N-dealkylation sites (N-methyl/N-ethyl adjacent to an activating group) is 1. The van der Waals surface area contributed by atoms with Gasteiger partial charge in [0.2, 0.25) is 0 Å². The van der Waals surface area contributed by atoms with E-state index in [0.29, 0.717) is 18.3 Å². The summed E-state index contributed by atoms with van der Waals surface area (Å²) in [6.45, 7) is 10.9. The summed E-state index contributed by atoms with van der Waals surface area (Å²) in [4.78, 5) is 14.1. The van der Waals surface area contributed by atoms with E-state index in [-0.39, 0.29) is 5.91 Å². The van der Waals surface area contributed by atoms with Crippen LogP contribution >= 0.6 is 0 Å². The maximum atomic E-state index is 11.8. The van der Waals surface area contributed by atoms with Crippen molar-refractivity contribution >= 4 is 5.91 Å². The van der Waals surface area contributed by atoms with Gasteiger partial charge in [0.1, 0.15) is 5.76 Å². The van der Waals surface area contributed by atoms with Crippen LogP contribution in [0.4, 0.5) is 0 Å². The number of carbonyl (C=O) groups excluding carboxylic acids is 1. The summed E-state index contributed by atoms with van der Waals surface area (Å²) in [5.74, 6) is 1.12. The van der Waals surface area contributed by atoms with Crippen molar-refractivity contribution in [3.8, 4) is 0 Å². The van der Waals surface area contributed by atoms with Gasteiger partial charge in [0.15, 0.2) is 5.76 Å². The monoisotopic (exact) mass is 252 g/mol. The Hall–Kier alpha value is -1.29. The summed E-state index contributed by atoms with van der Waals surface area (Å²) in [5.41, 5.74) is 0. The van der Waals surface area contributed by atoms with Crippen LogP contribution in [0.3, 0.4) is 0 Å². The van der Waals surface area contributed by atoms with Crippen LogP contribution in [0.2, 0.25) is 0 Å². The van der Waals surface area contributed by atoms with Crippen molar-refractivity contribution in [1.29, 1.82) is 0 Å². The van der Waals surface area contributed by atoms with Gasteiger partial charge in [0, 0.05) is 25.6 Å². The Kier molecular flexibility index (Phi) is 5.92. The minimum atomic E-state index is -0.130. The number of aryl methyl sites for hydroxylation is 1. The van der Waals surface area contributed by atoms with E-state index in [4.69, 9.17) is 4.42 Å². The number of nitrogens with zero attached hydrogens (tertiary/aromatic N) is 1. The fraction of sp³-hybridized carbons (Fsp3) is 0.643. The largest absolute Gasteiger partial charge is 0.456 e. The molecule has 0 saturated heterocycles. The normalized spacial score (nSPS) is 11.2. The van der Waals surface area contributed by atoms with Crippen molar-refractivity contribution in [2.45, 2.75) is 40.2 Å². The Bertz CT molecular complexity index is 372. The van der Waals surface area contributed by atoms with E-state index in [1.165, 1.54) is 0 Å². The van der Waals surface area contributed by atoms with Gasteiger partial charge in [-0.1, -0.05) is 13.8 Å². The van der Waals surface area contributed by atoms with Crippen molar-refractivity contribution in [3.63, 3.8) is 0 Å². The summed E-state index contributed by atoms with van der Waals surface area (Å²) < 4.78 is 5.40. The fourth-order valence-corrected chi connectivity index (χ4v) is 1.87. The van der Waals surface area contributed by atoms with Gasteiger partial charge < -0.3 is 9.73 Å². The minimum absolute atomic E-state index is 0.130. The molecule has 0 aromatic carbocycles. The molecule has 0 aliphatic rings. The molecule has 1 aromatic heterocycles. The van der Waals surface area contributed by atoms with Gasteiger partial charge in [-0.2, -0.15) is 0 Å². The molecule has 0 aliphatic carbocycles. The van der Waals surface area contributed by atoms with Crippen LogP contribution in [0.1, 0.15) is 44.0 Å². The van der Waals surface area contributed by atoms with Crippen molar-refractivity contribution in [2.24, 2.45) is 0 Å². The molecule has 0 saturated carbocycles. The van der Waals surface area contributed by atoms with Crippen LogP contribution < -0.4 is 5.32 Å². The molecule has 1 rings (SSSR count). The third kappa shape index (κ3) is 4.18. The third-order valence-corrected chi connectivity index (χ3v) is 3.05. The molecule has 1 N–H and O–H groups in total. The van der Waals surface area contributed by atoms with E-state index in [9.17, 15) is 4.79 Å². The van der Waals surface area contributed by atoms with Crippen LogP contribution in [-0.2, 0) is 6.42 Å². The summed E-state index contributed by atoms with van der Waals surface area (Å²) >= 11 is 0. The molecular weight excluding hydrogens is 228 g/mol. The third-order valence-electron chi connectivity index (χ3n) is 3.05. The highest BCUT2D eigenvalue weighted by atomic mass is 16.3. The average Bonchev–Trinajstić information content (AvgIpc) is 2.82. The second-order valence-electron chi connectivity index (χ2n) is 4.60. The standard InChI is InChI=1S/C14H24N2O2/c1-5-12-7-8-13(18-12)14(17)15-9-10-16(6-2)11(3)4/h7-8,11H,5-6,9-10H2,1-4H3,(H,15,17). The van der Waals surface area contributed by atoms with Crippen molar-refractivity contribution < 1.29 is 9.21 Å². The quantitative estimate of drug-likeness (QED) is 0.810.